The Hall–Kier alpha value is -2.96. The van der Waals surface area contributed by atoms with Gasteiger partial charge in [-0.05, 0) is 18.2 Å². The van der Waals surface area contributed by atoms with E-state index >= 15 is 0 Å². The molecule has 0 saturated heterocycles. The number of fused-ring (bicyclic) bond motifs is 2. The van der Waals surface area contributed by atoms with Gasteiger partial charge in [0.1, 0.15) is 10.7 Å². The first kappa shape index (κ1) is 15.3. The number of pyridine rings is 1. The van der Waals surface area contributed by atoms with E-state index in [0.29, 0.717) is 6.54 Å². The van der Waals surface area contributed by atoms with E-state index in [2.05, 4.69) is 56.4 Å². The molecule has 0 radical (unpaired) electrons. The molecule has 5 rings (SSSR count). The van der Waals surface area contributed by atoms with E-state index in [0.717, 1.165) is 39.4 Å². The third kappa shape index (κ3) is 2.34. The number of nitrogens with zero attached hydrogens (tertiary/aromatic N) is 3. The van der Waals surface area contributed by atoms with Crippen LogP contribution in [0.25, 0.3) is 43.8 Å². The van der Waals surface area contributed by atoms with Gasteiger partial charge >= 0.3 is 0 Å². The lowest BCUT2D eigenvalue weighted by Gasteiger charge is -2.01. The van der Waals surface area contributed by atoms with Crippen LogP contribution < -0.4 is 5.73 Å². The number of hydrogen-bond acceptors (Lipinski definition) is 4. The molecule has 0 spiro atoms. The predicted octanol–water partition coefficient (Wildman–Crippen LogP) is 4.27. The number of rotatable bonds is 4. The van der Waals surface area contributed by atoms with Crippen LogP contribution in [0.15, 0.2) is 60.4 Å². The van der Waals surface area contributed by atoms with Crippen molar-refractivity contribution in [2.75, 3.05) is 6.54 Å². The Kier molecular flexibility index (Phi) is 3.58. The zero-order valence-corrected chi connectivity index (χ0v) is 14.8. The largest absolute Gasteiger partial charge is 0.345 e. The summed E-state index contributed by atoms with van der Waals surface area (Å²) in [5, 5.41) is 5.43. The van der Waals surface area contributed by atoms with Gasteiger partial charge < -0.3 is 15.3 Å². The van der Waals surface area contributed by atoms with Gasteiger partial charge in [-0.1, -0.05) is 18.2 Å². The lowest BCUT2D eigenvalue weighted by Crippen LogP contribution is -2.08. The van der Waals surface area contributed by atoms with Crippen molar-refractivity contribution < 1.29 is 0 Å². The molecular formula is C20H17N5S. The zero-order valence-electron chi connectivity index (χ0n) is 14.0. The number of para-hydroxylation sites is 1. The van der Waals surface area contributed by atoms with E-state index in [1.54, 1.807) is 17.5 Å². The van der Waals surface area contributed by atoms with Crippen LogP contribution in [0.3, 0.4) is 0 Å². The van der Waals surface area contributed by atoms with Crippen LogP contribution in [-0.2, 0) is 6.54 Å². The summed E-state index contributed by atoms with van der Waals surface area (Å²) in [6, 6.07) is 12.4. The van der Waals surface area contributed by atoms with E-state index in [1.165, 1.54) is 10.9 Å². The molecule has 0 fully saturated rings. The average Bonchev–Trinajstić information content (AvgIpc) is 3.38. The van der Waals surface area contributed by atoms with Crippen LogP contribution in [0.2, 0.25) is 0 Å². The highest BCUT2D eigenvalue weighted by atomic mass is 32.1. The Morgan fingerprint density at radius 2 is 1.96 bits per heavy atom. The van der Waals surface area contributed by atoms with E-state index < -0.39 is 0 Å². The maximum Gasteiger partial charge on any atom is 0.137 e. The molecule has 0 aliphatic heterocycles. The minimum atomic E-state index is 0.615. The number of H-pyrrole nitrogens is 1. The van der Waals surface area contributed by atoms with Gasteiger partial charge in [0.25, 0.3) is 0 Å². The maximum absolute atomic E-state index is 5.78. The summed E-state index contributed by atoms with van der Waals surface area (Å²) < 4.78 is 2.21. The highest BCUT2D eigenvalue weighted by Crippen LogP contribution is 2.36. The Bertz CT molecular complexity index is 1210. The number of nitrogens with one attached hydrogen (secondary N) is 1. The van der Waals surface area contributed by atoms with Crippen LogP contribution >= 0.6 is 11.3 Å². The molecule has 0 saturated carbocycles. The quantitative estimate of drug-likeness (QED) is 0.503. The lowest BCUT2D eigenvalue weighted by molar-refractivity contribution is 0.736. The van der Waals surface area contributed by atoms with E-state index in [4.69, 9.17) is 10.7 Å². The molecule has 26 heavy (non-hydrogen) atoms. The average molecular weight is 359 g/mol. The Morgan fingerprint density at radius 3 is 2.88 bits per heavy atom. The van der Waals surface area contributed by atoms with Gasteiger partial charge in [0.15, 0.2) is 0 Å². The molecule has 5 aromatic rings. The normalized spacial score (nSPS) is 11.6. The van der Waals surface area contributed by atoms with E-state index in [-0.39, 0.29) is 0 Å². The number of thiazole rings is 1. The molecule has 1 aromatic carbocycles. The molecule has 6 heteroatoms. The fourth-order valence-corrected chi connectivity index (χ4v) is 4.27. The molecule has 3 N–H and O–H groups in total. The van der Waals surface area contributed by atoms with Gasteiger partial charge in [-0.15, -0.1) is 11.3 Å². The van der Waals surface area contributed by atoms with E-state index in [1.807, 2.05) is 12.3 Å². The Balaban J connectivity index is 1.64. The molecular weight excluding hydrogens is 342 g/mol. The number of aromatic amines is 1. The monoisotopic (exact) mass is 359 g/mol. The van der Waals surface area contributed by atoms with Gasteiger partial charge in [-0.2, -0.15) is 0 Å². The van der Waals surface area contributed by atoms with Crippen molar-refractivity contribution in [3.63, 3.8) is 0 Å². The van der Waals surface area contributed by atoms with Crippen molar-refractivity contribution in [3.05, 3.63) is 60.4 Å². The van der Waals surface area contributed by atoms with Crippen molar-refractivity contribution in [2.45, 2.75) is 6.54 Å². The second-order valence-corrected chi connectivity index (χ2v) is 7.04. The van der Waals surface area contributed by atoms with Crippen molar-refractivity contribution in [2.24, 2.45) is 5.73 Å². The van der Waals surface area contributed by atoms with Gasteiger partial charge in [0.2, 0.25) is 0 Å². The molecule has 0 aliphatic rings. The minimum absolute atomic E-state index is 0.615. The minimum Gasteiger partial charge on any atom is -0.345 e. The topological polar surface area (TPSA) is 72.5 Å². The van der Waals surface area contributed by atoms with Crippen molar-refractivity contribution >= 4 is 33.3 Å². The molecule has 5 nitrogen and oxygen atoms in total. The zero-order chi connectivity index (χ0) is 17.5. The second kappa shape index (κ2) is 6.09. The van der Waals surface area contributed by atoms with Crippen LogP contribution in [0.4, 0.5) is 0 Å². The molecule has 0 atom stereocenters. The molecule has 0 aliphatic carbocycles. The summed E-state index contributed by atoms with van der Waals surface area (Å²) in [7, 11) is 0. The van der Waals surface area contributed by atoms with E-state index in [9.17, 15) is 0 Å². The molecule has 4 heterocycles. The second-order valence-electron chi connectivity index (χ2n) is 6.18. The summed E-state index contributed by atoms with van der Waals surface area (Å²) in [6.07, 6.45) is 5.94. The van der Waals surface area contributed by atoms with Gasteiger partial charge in [-0.3, -0.25) is 0 Å². The fraction of sp³-hybridized carbons (Fsp3) is 0.100. The van der Waals surface area contributed by atoms with Crippen molar-refractivity contribution in [1.29, 1.82) is 0 Å². The summed E-state index contributed by atoms with van der Waals surface area (Å²) >= 11 is 1.67. The summed E-state index contributed by atoms with van der Waals surface area (Å²) in [5.74, 6) is 0. The summed E-state index contributed by atoms with van der Waals surface area (Å²) in [6.45, 7) is 1.41. The third-order valence-electron chi connectivity index (χ3n) is 4.62. The van der Waals surface area contributed by atoms with Gasteiger partial charge in [0, 0.05) is 64.5 Å². The number of aromatic nitrogens is 4. The molecule has 128 valence electrons. The van der Waals surface area contributed by atoms with Crippen LogP contribution in [0, 0.1) is 0 Å². The smallest absolute Gasteiger partial charge is 0.137 e. The predicted molar refractivity (Wildman–Crippen MR) is 107 cm³/mol. The van der Waals surface area contributed by atoms with Crippen molar-refractivity contribution in [1.82, 2.24) is 19.5 Å². The lowest BCUT2D eigenvalue weighted by atomic mass is 10.1. The van der Waals surface area contributed by atoms with Gasteiger partial charge in [-0.25, -0.2) is 9.97 Å². The Labute approximate surface area is 154 Å². The van der Waals surface area contributed by atoms with Crippen LogP contribution in [-0.4, -0.2) is 26.1 Å². The number of benzene rings is 1. The fourth-order valence-electron chi connectivity index (χ4n) is 3.43. The SMILES string of the molecule is NCCn1cc(-c2nc(-c3c[nH]c4ncccc34)cs2)c2ccccc21. The van der Waals surface area contributed by atoms with Crippen LogP contribution in [0.5, 0.6) is 0 Å². The van der Waals surface area contributed by atoms with Crippen LogP contribution in [0.1, 0.15) is 0 Å². The molecule has 0 amide bonds. The summed E-state index contributed by atoms with van der Waals surface area (Å²) in [5.41, 5.74) is 11.1. The first-order valence-corrected chi connectivity index (χ1v) is 9.39. The highest BCUT2D eigenvalue weighted by molar-refractivity contribution is 7.13. The molecule has 4 aromatic heterocycles. The first-order chi connectivity index (χ1) is 12.8. The van der Waals surface area contributed by atoms with Crippen molar-refractivity contribution in [3.8, 4) is 21.8 Å². The number of nitrogens with two attached hydrogens (primary N) is 1. The molecule has 0 bridgehead atoms. The highest BCUT2D eigenvalue weighted by Gasteiger charge is 2.15. The molecule has 0 unspecified atom stereocenters. The summed E-state index contributed by atoms with van der Waals surface area (Å²) in [4.78, 5) is 12.5. The number of hydrogen-bond donors (Lipinski definition) is 2. The maximum atomic E-state index is 5.78. The van der Waals surface area contributed by atoms with Gasteiger partial charge in [0.05, 0.1) is 5.69 Å². The standard InChI is InChI=1S/C20H17N5S/c21-7-9-25-11-16(13-4-1-2-6-18(13)25)20-24-17(12-26-20)15-10-23-19-14(15)5-3-8-22-19/h1-6,8,10-12H,7,9,21H2,(H,22,23). The third-order valence-corrected chi connectivity index (χ3v) is 5.50. The first-order valence-electron chi connectivity index (χ1n) is 8.51. The Morgan fingerprint density at radius 1 is 1.08 bits per heavy atom.